The largest absolute Gasteiger partial charge is 0.480 e. The van der Waals surface area contributed by atoms with Crippen molar-refractivity contribution in [2.75, 3.05) is 39.4 Å². The van der Waals surface area contributed by atoms with Gasteiger partial charge in [-0.3, -0.25) is 19.3 Å². The van der Waals surface area contributed by atoms with Crippen LogP contribution in [0, 0.1) is 5.92 Å². The number of nitrogens with zero attached hydrogens (tertiary/aromatic N) is 1. The number of carbonyl (C=O) groups excluding carboxylic acids is 2. The molecule has 32 heavy (non-hydrogen) atoms. The predicted octanol–water partition coefficient (Wildman–Crippen LogP) is 1.82. The average molecular weight is 533 g/mol. The Balaban J connectivity index is 1.92. The second kappa shape index (κ2) is 13.1. The molecule has 1 fully saturated rings. The van der Waals surface area contributed by atoms with Crippen LogP contribution in [-0.4, -0.2) is 80.2 Å². The highest BCUT2D eigenvalue weighted by molar-refractivity contribution is 9.10. The molecule has 2 rings (SSSR count). The standard InChI is InChI=1S/C20H28BBrClN3O6/c1-13(2)9-17(21-31-7-5-26(6-8-32-21)12-19(28)29)25-18(27)11-24-20(30)15-10-14(23)3-4-16(15)22/h3-4,10,13,17H,5-9,11-12H2,1-2H3,(H,24,30)(H,25,27)(H,28,29)/t17-/m0/s1. The Morgan fingerprint density at radius 2 is 1.91 bits per heavy atom. The van der Waals surface area contributed by atoms with Crippen LogP contribution in [0.15, 0.2) is 22.7 Å². The number of benzene rings is 1. The molecule has 0 radical (unpaired) electrons. The quantitative estimate of drug-likeness (QED) is 0.416. The Bertz CT molecular complexity index is 806. The van der Waals surface area contributed by atoms with Crippen molar-refractivity contribution >= 4 is 52.4 Å². The molecule has 1 saturated heterocycles. The van der Waals surface area contributed by atoms with E-state index in [9.17, 15) is 14.4 Å². The maximum absolute atomic E-state index is 12.5. The zero-order valence-electron chi connectivity index (χ0n) is 18.1. The summed E-state index contributed by atoms with van der Waals surface area (Å²) in [5, 5.41) is 14.8. The summed E-state index contributed by atoms with van der Waals surface area (Å²) < 4.78 is 12.2. The Labute approximate surface area is 201 Å². The summed E-state index contributed by atoms with van der Waals surface area (Å²) in [4.78, 5) is 37.6. The normalized spacial score (nSPS) is 16.2. The van der Waals surface area contributed by atoms with Gasteiger partial charge in [0.15, 0.2) is 0 Å². The highest BCUT2D eigenvalue weighted by Gasteiger charge is 2.34. The van der Waals surface area contributed by atoms with E-state index >= 15 is 0 Å². The van der Waals surface area contributed by atoms with Crippen LogP contribution in [0.4, 0.5) is 0 Å². The first-order valence-electron chi connectivity index (χ1n) is 10.4. The first kappa shape index (κ1) is 26.6. The molecule has 1 heterocycles. The van der Waals surface area contributed by atoms with Crippen LogP contribution < -0.4 is 10.6 Å². The van der Waals surface area contributed by atoms with Gasteiger partial charge in [-0.05, 0) is 46.5 Å². The van der Waals surface area contributed by atoms with Crippen molar-refractivity contribution in [1.29, 1.82) is 0 Å². The number of carbonyl (C=O) groups is 3. The smallest absolute Gasteiger partial charge is 0.480 e. The third-order valence-corrected chi connectivity index (χ3v) is 5.65. The molecule has 176 valence electrons. The van der Waals surface area contributed by atoms with Crippen molar-refractivity contribution in [2.24, 2.45) is 5.92 Å². The fraction of sp³-hybridized carbons (Fsp3) is 0.550. The van der Waals surface area contributed by atoms with E-state index in [0.717, 1.165) is 0 Å². The number of aliphatic carboxylic acids is 1. The van der Waals surface area contributed by atoms with Crippen LogP contribution in [0.3, 0.4) is 0 Å². The SMILES string of the molecule is CC(C)C[C@H](NC(=O)CNC(=O)c1cc(Cl)ccc1Br)B1OCCN(CC(=O)O)CCO1. The molecule has 0 spiro atoms. The number of halogens is 2. The molecule has 1 aromatic rings. The van der Waals surface area contributed by atoms with Gasteiger partial charge in [0.1, 0.15) is 0 Å². The molecule has 1 aliphatic heterocycles. The first-order valence-corrected chi connectivity index (χ1v) is 11.5. The van der Waals surface area contributed by atoms with Crippen molar-refractivity contribution in [3.8, 4) is 0 Å². The van der Waals surface area contributed by atoms with Crippen LogP contribution in [-0.2, 0) is 18.9 Å². The molecule has 0 bridgehead atoms. The highest BCUT2D eigenvalue weighted by atomic mass is 79.9. The molecule has 9 nitrogen and oxygen atoms in total. The molecule has 3 N–H and O–H groups in total. The monoisotopic (exact) mass is 531 g/mol. The average Bonchev–Trinajstić information content (AvgIpc) is 2.68. The molecule has 0 unspecified atom stereocenters. The molecule has 2 amide bonds. The minimum absolute atomic E-state index is 0.0774. The number of hydrogen-bond donors (Lipinski definition) is 3. The molecular weight excluding hydrogens is 504 g/mol. The van der Waals surface area contributed by atoms with E-state index in [1.165, 1.54) is 6.07 Å². The van der Waals surface area contributed by atoms with Gasteiger partial charge >= 0.3 is 13.1 Å². The Kier molecular flexibility index (Phi) is 10.9. The lowest BCUT2D eigenvalue weighted by Gasteiger charge is -2.30. The van der Waals surface area contributed by atoms with Gasteiger partial charge in [-0.1, -0.05) is 25.4 Å². The fourth-order valence-electron chi connectivity index (χ4n) is 3.27. The number of nitrogens with one attached hydrogen (secondary N) is 2. The zero-order chi connectivity index (χ0) is 23.7. The summed E-state index contributed by atoms with van der Waals surface area (Å²) in [7, 11) is -0.661. The Hall–Kier alpha value is -1.66. The molecule has 1 aliphatic rings. The summed E-state index contributed by atoms with van der Waals surface area (Å²) in [6.45, 7) is 5.23. The van der Waals surface area contributed by atoms with Gasteiger partial charge in [0.05, 0.1) is 24.6 Å². The topological polar surface area (TPSA) is 117 Å². The predicted molar refractivity (Wildman–Crippen MR) is 125 cm³/mol. The van der Waals surface area contributed by atoms with Crippen molar-refractivity contribution in [2.45, 2.75) is 26.2 Å². The van der Waals surface area contributed by atoms with E-state index in [-0.39, 0.29) is 38.1 Å². The lowest BCUT2D eigenvalue weighted by Crippen LogP contribution is -2.54. The van der Waals surface area contributed by atoms with Crippen LogP contribution >= 0.6 is 27.5 Å². The summed E-state index contributed by atoms with van der Waals surface area (Å²) in [6, 6.07) is 4.84. The summed E-state index contributed by atoms with van der Waals surface area (Å²) in [5.74, 6) is -1.85. The summed E-state index contributed by atoms with van der Waals surface area (Å²) in [6.07, 6.45) is 0.614. The van der Waals surface area contributed by atoms with E-state index in [1.54, 1.807) is 17.0 Å². The summed E-state index contributed by atoms with van der Waals surface area (Å²) in [5.41, 5.74) is 0.335. The number of carboxylic acids is 1. The minimum Gasteiger partial charge on any atom is -0.480 e. The van der Waals surface area contributed by atoms with Crippen LogP contribution in [0.2, 0.25) is 5.02 Å². The van der Waals surface area contributed by atoms with Crippen LogP contribution in [0.1, 0.15) is 30.6 Å². The van der Waals surface area contributed by atoms with Gasteiger partial charge in [0.2, 0.25) is 5.91 Å². The lowest BCUT2D eigenvalue weighted by atomic mass is 9.73. The third-order valence-electron chi connectivity index (χ3n) is 4.72. The molecule has 0 aliphatic carbocycles. The first-order chi connectivity index (χ1) is 15.2. The maximum Gasteiger partial charge on any atom is 0.480 e. The molecular formula is C20H28BBrClN3O6. The van der Waals surface area contributed by atoms with Crippen molar-refractivity contribution < 1.29 is 28.8 Å². The number of carboxylic acid groups (broad SMARTS) is 1. The van der Waals surface area contributed by atoms with Crippen molar-refractivity contribution in [3.05, 3.63) is 33.3 Å². The number of amides is 2. The lowest BCUT2D eigenvalue weighted by molar-refractivity contribution is -0.138. The van der Waals surface area contributed by atoms with Gasteiger partial charge in [0, 0.05) is 35.8 Å². The molecule has 0 aromatic heterocycles. The van der Waals surface area contributed by atoms with E-state index in [4.69, 9.17) is 26.0 Å². The van der Waals surface area contributed by atoms with Crippen molar-refractivity contribution in [1.82, 2.24) is 15.5 Å². The second-order valence-corrected chi connectivity index (χ2v) is 9.18. The van der Waals surface area contributed by atoms with Gasteiger partial charge in [-0.15, -0.1) is 0 Å². The van der Waals surface area contributed by atoms with Crippen LogP contribution in [0.5, 0.6) is 0 Å². The second-order valence-electron chi connectivity index (χ2n) is 7.89. The van der Waals surface area contributed by atoms with Crippen LogP contribution in [0.25, 0.3) is 0 Å². The Morgan fingerprint density at radius 3 is 2.50 bits per heavy atom. The molecule has 1 aromatic carbocycles. The van der Waals surface area contributed by atoms with Gasteiger partial charge < -0.3 is 25.0 Å². The molecule has 1 atom stereocenters. The van der Waals surface area contributed by atoms with E-state index in [2.05, 4.69) is 26.6 Å². The van der Waals surface area contributed by atoms with Gasteiger partial charge in [0.25, 0.3) is 5.91 Å². The fourth-order valence-corrected chi connectivity index (χ4v) is 3.87. The van der Waals surface area contributed by atoms with E-state index in [0.29, 0.717) is 34.6 Å². The van der Waals surface area contributed by atoms with Gasteiger partial charge in [-0.2, -0.15) is 0 Å². The van der Waals surface area contributed by atoms with Gasteiger partial charge in [-0.25, -0.2) is 0 Å². The van der Waals surface area contributed by atoms with E-state index < -0.39 is 24.9 Å². The Morgan fingerprint density at radius 1 is 1.25 bits per heavy atom. The molecule has 0 saturated carbocycles. The minimum atomic E-state index is -0.904. The maximum atomic E-state index is 12.5. The molecule has 12 heteroatoms. The number of hydrogen-bond acceptors (Lipinski definition) is 6. The van der Waals surface area contributed by atoms with E-state index in [1.807, 2.05) is 13.8 Å². The zero-order valence-corrected chi connectivity index (χ0v) is 20.4. The third kappa shape index (κ3) is 9.07. The van der Waals surface area contributed by atoms with Crippen molar-refractivity contribution in [3.63, 3.8) is 0 Å². The number of rotatable bonds is 9. The summed E-state index contributed by atoms with van der Waals surface area (Å²) >= 11 is 9.25. The highest BCUT2D eigenvalue weighted by Crippen LogP contribution is 2.21.